The topological polar surface area (TPSA) is 102 Å². The number of rotatable bonds is 4. The summed E-state index contributed by atoms with van der Waals surface area (Å²) in [7, 11) is -2.07. The second-order valence-corrected chi connectivity index (χ2v) is 7.64. The average molecular weight is 316 g/mol. The Morgan fingerprint density at radius 3 is 2.74 bits per heavy atom. The largest absolute Gasteiger partial charge is 0.383 e. The molecule has 0 saturated heterocycles. The standard InChI is InChI=1S/C10H12N4O2S3/c1-14-4-3-13-10(14)19(15,16)7-5-6(8(11)12)18-9(7)17-2/h3-5H,1-2H3,(H3,11,12). The number of aryl methyl sites for hydroxylation is 1. The molecule has 6 nitrogen and oxygen atoms in total. The smallest absolute Gasteiger partial charge is 0.242 e. The van der Waals surface area contributed by atoms with Gasteiger partial charge in [-0.1, -0.05) is 0 Å². The van der Waals surface area contributed by atoms with Gasteiger partial charge in [-0.25, -0.2) is 13.4 Å². The summed E-state index contributed by atoms with van der Waals surface area (Å²) in [6.45, 7) is 0. The van der Waals surface area contributed by atoms with Crippen molar-refractivity contribution in [3.05, 3.63) is 23.3 Å². The molecule has 0 aliphatic rings. The maximum Gasteiger partial charge on any atom is 0.242 e. The molecule has 2 aromatic rings. The lowest BCUT2D eigenvalue weighted by Gasteiger charge is -2.03. The highest BCUT2D eigenvalue weighted by molar-refractivity contribution is 8.01. The van der Waals surface area contributed by atoms with Gasteiger partial charge in [0.25, 0.3) is 0 Å². The number of nitrogens with zero attached hydrogens (tertiary/aromatic N) is 2. The van der Waals surface area contributed by atoms with E-state index in [1.807, 2.05) is 0 Å². The Bertz CT molecular complexity index is 730. The van der Waals surface area contributed by atoms with E-state index in [4.69, 9.17) is 11.1 Å². The third-order valence-electron chi connectivity index (χ3n) is 2.42. The van der Waals surface area contributed by atoms with Gasteiger partial charge in [0.15, 0.2) is 0 Å². The quantitative estimate of drug-likeness (QED) is 0.503. The Hall–Kier alpha value is -1.32. The summed E-state index contributed by atoms with van der Waals surface area (Å²) in [5.41, 5.74) is 5.41. The molecule has 0 aromatic carbocycles. The van der Waals surface area contributed by atoms with E-state index in [2.05, 4.69) is 4.98 Å². The van der Waals surface area contributed by atoms with E-state index in [0.29, 0.717) is 9.09 Å². The number of thiophene rings is 1. The second kappa shape index (κ2) is 4.99. The monoisotopic (exact) mass is 316 g/mol. The fraction of sp³-hybridized carbons (Fsp3) is 0.200. The number of amidine groups is 1. The van der Waals surface area contributed by atoms with E-state index in [1.165, 1.54) is 39.9 Å². The summed E-state index contributed by atoms with van der Waals surface area (Å²) in [4.78, 5) is 4.48. The third kappa shape index (κ3) is 2.40. The van der Waals surface area contributed by atoms with Gasteiger partial charge in [0.1, 0.15) is 10.7 Å². The highest BCUT2D eigenvalue weighted by atomic mass is 32.2. The number of aromatic nitrogens is 2. The van der Waals surface area contributed by atoms with Gasteiger partial charge in [-0.2, -0.15) is 0 Å². The van der Waals surface area contributed by atoms with E-state index in [-0.39, 0.29) is 15.9 Å². The van der Waals surface area contributed by atoms with Gasteiger partial charge in [-0.15, -0.1) is 23.1 Å². The van der Waals surface area contributed by atoms with Gasteiger partial charge in [0.2, 0.25) is 15.0 Å². The van der Waals surface area contributed by atoms with E-state index < -0.39 is 9.84 Å². The molecule has 3 N–H and O–H groups in total. The van der Waals surface area contributed by atoms with Crippen molar-refractivity contribution in [1.29, 1.82) is 5.41 Å². The predicted molar refractivity (Wildman–Crippen MR) is 75.8 cm³/mol. The maximum atomic E-state index is 12.5. The zero-order chi connectivity index (χ0) is 14.2. The van der Waals surface area contributed by atoms with Crippen LogP contribution >= 0.6 is 23.1 Å². The fourth-order valence-corrected chi connectivity index (χ4v) is 5.47. The number of thioether (sulfide) groups is 1. The van der Waals surface area contributed by atoms with Crippen molar-refractivity contribution in [3.63, 3.8) is 0 Å². The van der Waals surface area contributed by atoms with Crippen LogP contribution in [0.15, 0.2) is 32.7 Å². The molecule has 2 heterocycles. The third-order valence-corrected chi connectivity index (χ3v) is 6.76. The Kier molecular flexibility index (Phi) is 3.70. The van der Waals surface area contributed by atoms with Crippen LogP contribution in [0, 0.1) is 5.41 Å². The summed E-state index contributed by atoms with van der Waals surface area (Å²) in [6.07, 6.45) is 4.79. The number of imidazole rings is 1. The first-order chi connectivity index (χ1) is 8.87. The Morgan fingerprint density at radius 2 is 2.26 bits per heavy atom. The Balaban J connectivity index is 2.64. The zero-order valence-corrected chi connectivity index (χ0v) is 12.7. The number of nitrogens with one attached hydrogen (secondary N) is 1. The van der Waals surface area contributed by atoms with Crippen molar-refractivity contribution >= 4 is 38.8 Å². The molecule has 0 aliphatic carbocycles. The highest BCUT2D eigenvalue weighted by Gasteiger charge is 2.27. The lowest BCUT2D eigenvalue weighted by Crippen LogP contribution is -2.10. The highest BCUT2D eigenvalue weighted by Crippen LogP contribution is 2.36. The van der Waals surface area contributed by atoms with Gasteiger partial charge in [-0.3, -0.25) is 5.41 Å². The average Bonchev–Trinajstić information content (AvgIpc) is 2.94. The molecule has 2 aromatic heterocycles. The Labute approximate surface area is 119 Å². The molecular weight excluding hydrogens is 304 g/mol. The van der Waals surface area contributed by atoms with Crippen molar-refractivity contribution in [1.82, 2.24) is 9.55 Å². The summed E-state index contributed by atoms with van der Waals surface area (Å²) < 4.78 is 27.1. The molecule has 2 rings (SSSR count). The lowest BCUT2D eigenvalue weighted by atomic mass is 10.4. The predicted octanol–water partition coefficient (Wildman–Crippen LogP) is 1.32. The van der Waals surface area contributed by atoms with Crippen LogP contribution in [0.4, 0.5) is 0 Å². The number of nitrogen functional groups attached to an aromatic ring is 1. The molecule has 0 bridgehead atoms. The van der Waals surface area contributed by atoms with Crippen molar-refractivity contribution in [3.8, 4) is 0 Å². The molecule has 0 unspecified atom stereocenters. The Morgan fingerprint density at radius 1 is 1.58 bits per heavy atom. The van der Waals surface area contributed by atoms with E-state index >= 15 is 0 Å². The summed E-state index contributed by atoms with van der Waals surface area (Å²) in [5.74, 6) is -0.137. The SMILES string of the molecule is CSc1sc(C(=N)N)cc1S(=O)(=O)c1nccn1C. The molecule has 0 amide bonds. The van der Waals surface area contributed by atoms with E-state index in [1.54, 1.807) is 19.5 Å². The van der Waals surface area contributed by atoms with E-state index in [9.17, 15) is 8.42 Å². The molecule has 0 radical (unpaired) electrons. The second-order valence-electron chi connectivity index (χ2n) is 3.70. The number of nitrogens with two attached hydrogens (primary N) is 1. The van der Waals surface area contributed by atoms with Gasteiger partial charge in [0.05, 0.1) is 9.09 Å². The molecule has 0 saturated carbocycles. The van der Waals surface area contributed by atoms with Gasteiger partial charge < -0.3 is 10.3 Å². The van der Waals surface area contributed by atoms with Crippen molar-refractivity contribution < 1.29 is 8.42 Å². The normalized spacial score (nSPS) is 11.7. The van der Waals surface area contributed by atoms with Crippen molar-refractivity contribution in [2.24, 2.45) is 12.8 Å². The van der Waals surface area contributed by atoms with Crippen LogP contribution in [0.3, 0.4) is 0 Å². The minimum atomic E-state index is -3.69. The van der Waals surface area contributed by atoms with Crippen LogP contribution in [-0.2, 0) is 16.9 Å². The summed E-state index contributed by atoms with van der Waals surface area (Å²) in [5, 5.41) is 7.39. The number of hydrogen-bond donors (Lipinski definition) is 2. The van der Waals surface area contributed by atoms with Crippen LogP contribution in [-0.4, -0.2) is 30.1 Å². The molecule has 19 heavy (non-hydrogen) atoms. The first-order valence-corrected chi connectivity index (χ1v) is 8.65. The van der Waals surface area contributed by atoms with Crippen LogP contribution in [0.25, 0.3) is 0 Å². The number of hydrogen-bond acceptors (Lipinski definition) is 6. The first-order valence-electron chi connectivity index (χ1n) is 5.12. The molecule has 0 spiro atoms. The summed E-state index contributed by atoms with van der Waals surface area (Å²) >= 11 is 2.51. The van der Waals surface area contributed by atoms with Gasteiger partial charge in [0, 0.05) is 19.4 Å². The van der Waals surface area contributed by atoms with E-state index in [0.717, 1.165) is 0 Å². The number of sulfone groups is 1. The van der Waals surface area contributed by atoms with Crippen LogP contribution in [0.5, 0.6) is 0 Å². The maximum absolute atomic E-state index is 12.5. The minimum absolute atomic E-state index is 0.0179. The van der Waals surface area contributed by atoms with Gasteiger partial charge >= 0.3 is 0 Å². The molecule has 0 atom stereocenters. The van der Waals surface area contributed by atoms with Crippen molar-refractivity contribution in [2.75, 3.05) is 6.26 Å². The van der Waals surface area contributed by atoms with Crippen LogP contribution < -0.4 is 5.73 Å². The first kappa shape index (κ1) is 14.1. The molecule has 0 fully saturated rings. The molecular formula is C10H12N4O2S3. The zero-order valence-electron chi connectivity index (χ0n) is 10.2. The molecule has 9 heteroatoms. The summed E-state index contributed by atoms with van der Waals surface area (Å²) in [6, 6.07) is 1.43. The van der Waals surface area contributed by atoms with Crippen LogP contribution in [0.1, 0.15) is 4.88 Å². The molecule has 0 aliphatic heterocycles. The molecule has 102 valence electrons. The lowest BCUT2D eigenvalue weighted by molar-refractivity contribution is 0.578. The van der Waals surface area contributed by atoms with Gasteiger partial charge in [-0.05, 0) is 12.3 Å². The van der Waals surface area contributed by atoms with Crippen LogP contribution in [0.2, 0.25) is 0 Å². The minimum Gasteiger partial charge on any atom is -0.383 e. The van der Waals surface area contributed by atoms with Crippen molar-refractivity contribution in [2.45, 2.75) is 14.3 Å². The fourth-order valence-electron chi connectivity index (χ4n) is 1.53.